The molecule has 2 N–H and O–H groups in total. The van der Waals surface area contributed by atoms with E-state index in [-0.39, 0.29) is 11.8 Å². The largest absolute Gasteiger partial charge is 0.507 e. The first-order valence-electron chi connectivity index (χ1n) is 10.3. The number of fused-ring (bicyclic) bond motifs is 4. The summed E-state index contributed by atoms with van der Waals surface area (Å²) in [5, 5.41) is 21.4. The minimum Gasteiger partial charge on any atom is -0.507 e. The van der Waals surface area contributed by atoms with Gasteiger partial charge in [0.05, 0.1) is 33.4 Å². The number of phenols is 1. The Morgan fingerprint density at radius 3 is 2.77 bits per heavy atom. The molecule has 0 bridgehead atoms. The van der Waals surface area contributed by atoms with Crippen LogP contribution in [-0.2, 0) is 13.6 Å². The summed E-state index contributed by atoms with van der Waals surface area (Å²) in [4.78, 5) is 9.03. The van der Waals surface area contributed by atoms with E-state index in [0.717, 1.165) is 30.7 Å². The first-order chi connectivity index (χ1) is 14.9. The molecule has 3 heterocycles. The summed E-state index contributed by atoms with van der Waals surface area (Å²) in [6.45, 7) is 5.24. The van der Waals surface area contributed by atoms with E-state index < -0.39 is 7.05 Å². The van der Waals surface area contributed by atoms with Crippen molar-refractivity contribution in [2.45, 2.75) is 19.4 Å². The Labute approximate surface area is 190 Å². The fourth-order valence-electron chi connectivity index (χ4n) is 4.72. The van der Waals surface area contributed by atoms with E-state index in [1.807, 2.05) is 11.6 Å². The standard InChI is InChI=1S/C21H23BCl2N4O3/c1-22(30)28-7-6-27-9-13-20-19(25-11-26(20)2)17(16-14(23)4-3-5-15(16)29)18(24)21(13)31-10-12(27)8-28/h3-5,11-12,29-30H,6-10H2,1-2H3/t12-/m1/s1. The van der Waals surface area contributed by atoms with Crippen molar-refractivity contribution in [3.05, 3.63) is 40.1 Å². The molecule has 2 aliphatic heterocycles. The fraction of sp³-hybridized carbons (Fsp3) is 0.381. The van der Waals surface area contributed by atoms with Crippen LogP contribution in [0.2, 0.25) is 16.9 Å². The number of benzene rings is 2. The number of halogens is 2. The first-order valence-corrected chi connectivity index (χ1v) is 11.0. The van der Waals surface area contributed by atoms with Crippen molar-refractivity contribution in [1.82, 2.24) is 19.3 Å². The van der Waals surface area contributed by atoms with E-state index in [1.54, 1.807) is 31.3 Å². The maximum Gasteiger partial charge on any atom is 0.376 e. The maximum atomic E-state index is 10.6. The van der Waals surface area contributed by atoms with E-state index in [1.165, 1.54) is 0 Å². The molecular formula is C21H23BCl2N4O3. The molecule has 0 spiro atoms. The van der Waals surface area contributed by atoms with Crippen molar-refractivity contribution in [3.63, 3.8) is 0 Å². The highest BCUT2D eigenvalue weighted by molar-refractivity contribution is 6.45. The van der Waals surface area contributed by atoms with Crippen molar-refractivity contribution in [2.75, 3.05) is 26.2 Å². The second-order valence-electron chi connectivity index (χ2n) is 8.25. The molecule has 10 heteroatoms. The zero-order valence-corrected chi connectivity index (χ0v) is 18.9. The third-order valence-electron chi connectivity index (χ3n) is 6.34. The number of hydrogen-bond acceptors (Lipinski definition) is 6. The number of piperazine rings is 1. The number of aryl methyl sites for hydroxylation is 1. The third kappa shape index (κ3) is 3.38. The summed E-state index contributed by atoms with van der Waals surface area (Å²) in [6, 6.07) is 5.13. The molecule has 7 nitrogen and oxygen atoms in total. The number of ether oxygens (including phenoxy) is 1. The van der Waals surface area contributed by atoms with Crippen LogP contribution >= 0.6 is 23.2 Å². The van der Waals surface area contributed by atoms with Crippen LogP contribution in [0.15, 0.2) is 24.5 Å². The third-order valence-corrected chi connectivity index (χ3v) is 7.02. The van der Waals surface area contributed by atoms with Crippen molar-refractivity contribution >= 4 is 41.3 Å². The van der Waals surface area contributed by atoms with E-state index >= 15 is 0 Å². The molecule has 0 amide bonds. The Balaban J connectivity index is 1.69. The van der Waals surface area contributed by atoms with Crippen molar-refractivity contribution in [1.29, 1.82) is 0 Å². The molecular weight excluding hydrogens is 438 g/mol. The highest BCUT2D eigenvalue weighted by Crippen LogP contribution is 2.49. The van der Waals surface area contributed by atoms with Gasteiger partial charge in [0.2, 0.25) is 0 Å². The Bertz CT molecular complexity index is 1150. The van der Waals surface area contributed by atoms with Gasteiger partial charge in [-0.15, -0.1) is 0 Å². The van der Waals surface area contributed by atoms with Gasteiger partial charge in [-0.1, -0.05) is 29.3 Å². The summed E-state index contributed by atoms with van der Waals surface area (Å²) in [5.41, 5.74) is 3.59. The Morgan fingerprint density at radius 2 is 2.03 bits per heavy atom. The molecule has 2 aliphatic rings. The van der Waals surface area contributed by atoms with Gasteiger partial charge < -0.3 is 24.2 Å². The predicted octanol–water partition coefficient (Wildman–Crippen LogP) is 3.24. The molecule has 31 heavy (non-hydrogen) atoms. The summed E-state index contributed by atoms with van der Waals surface area (Å²) in [7, 11) is 1.45. The minimum absolute atomic E-state index is 0.0416. The molecule has 162 valence electrons. The van der Waals surface area contributed by atoms with Crippen molar-refractivity contribution in [3.8, 4) is 22.6 Å². The lowest BCUT2D eigenvalue weighted by Crippen LogP contribution is -2.57. The number of aromatic nitrogens is 2. The minimum atomic E-state index is -0.491. The van der Waals surface area contributed by atoms with Gasteiger partial charge in [0.15, 0.2) is 0 Å². The lowest BCUT2D eigenvalue weighted by molar-refractivity contribution is 0.0788. The van der Waals surface area contributed by atoms with Crippen LogP contribution in [0.5, 0.6) is 11.5 Å². The van der Waals surface area contributed by atoms with Crippen LogP contribution < -0.4 is 4.74 Å². The number of rotatable bonds is 2. The second kappa shape index (κ2) is 7.87. The molecule has 5 rings (SSSR count). The van der Waals surface area contributed by atoms with Crippen LogP contribution in [0, 0.1) is 0 Å². The van der Waals surface area contributed by atoms with Gasteiger partial charge in [-0.2, -0.15) is 0 Å². The average molecular weight is 461 g/mol. The monoisotopic (exact) mass is 460 g/mol. The fourth-order valence-corrected chi connectivity index (χ4v) is 5.33. The van der Waals surface area contributed by atoms with E-state index in [0.29, 0.717) is 45.6 Å². The molecule has 0 saturated carbocycles. The smallest absolute Gasteiger partial charge is 0.376 e. The van der Waals surface area contributed by atoms with E-state index in [4.69, 9.17) is 27.9 Å². The molecule has 0 unspecified atom stereocenters. The number of phenolic OH excluding ortho intramolecular Hbond substituents is 1. The maximum absolute atomic E-state index is 10.6. The van der Waals surface area contributed by atoms with Gasteiger partial charge in [-0.3, -0.25) is 4.90 Å². The van der Waals surface area contributed by atoms with Gasteiger partial charge in [-0.05, 0) is 19.0 Å². The van der Waals surface area contributed by atoms with Crippen LogP contribution in [0.3, 0.4) is 0 Å². The Morgan fingerprint density at radius 1 is 1.23 bits per heavy atom. The van der Waals surface area contributed by atoms with Gasteiger partial charge in [0.1, 0.15) is 18.1 Å². The zero-order valence-electron chi connectivity index (χ0n) is 17.3. The van der Waals surface area contributed by atoms with Crippen molar-refractivity contribution in [2.24, 2.45) is 7.05 Å². The number of aromatic hydroxyl groups is 1. The van der Waals surface area contributed by atoms with Crippen molar-refractivity contribution < 1.29 is 14.9 Å². The molecule has 0 aliphatic carbocycles. The highest BCUT2D eigenvalue weighted by Gasteiger charge is 2.36. The summed E-state index contributed by atoms with van der Waals surface area (Å²) >= 11 is 13.4. The normalized spacial score (nSPS) is 19.6. The Kier molecular flexibility index (Phi) is 5.31. The molecule has 3 aromatic rings. The van der Waals surface area contributed by atoms with Gasteiger partial charge >= 0.3 is 7.05 Å². The SMILES string of the molecule is CB(O)N1CCN2Cc3c(c(Cl)c(-c4c(O)cccc4Cl)c4ncn(C)c34)OC[C@H]2C1. The number of nitrogens with zero attached hydrogens (tertiary/aromatic N) is 4. The summed E-state index contributed by atoms with van der Waals surface area (Å²) in [6.07, 6.45) is 1.74. The van der Waals surface area contributed by atoms with Gasteiger partial charge in [-0.25, -0.2) is 4.98 Å². The molecule has 1 atom stereocenters. The summed E-state index contributed by atoms with van der Waals surface area (Å²) in [5.74, 6) is 0.644. The second-order valence-corrected chi connectivity index (χ2v) is 9.03. The van der Waals surface area contributed by atoms with Crippen LogP contribution in [-0.4, -0.2) is 68.7 Å². The topological polar surface area (TPSA) is 74.0 Å². The van der Waals surface area contributed by atoms with E-state index in [2.05, 4.69) is 14.7 Å². The first kappa shape index (κ1) is 20.9. The quantitative estimate of drug-likeness (QED) is 0.572. The molecule has 1 aromatic heterocycles. The number of imidazole rings is 1. The highest BCUT2D eigenvalue weighted by atomic mass is 35.5. The number of hydrogen-bond donors (Lipinski definition) is 2. The molecule has 0 radical (unpaired) electrons. The lowest BCUT2D eigenvalue weighted by Gasteiger charge is -2.40. The van der Waals surface area contributed by atoms with Crippen LogP contribution in [0.1, 0.15) is 5.56 Å². The average Bonchev–Trinajstić information content (AvgIpc) is 3.00. The molecule has 2 aromatic carbocycles. The van der Waals surface area contributed by atoms with Crippen LogP contribution in [0.4, 0.5) is 0 Å². The molecule has 1 saturated heterocycles. The zero-order chi connectivity index (χ0) is 21.9. The molecule has 1 fully saturated rings. The Hall–Kier alpha value is -1.97. The van der Waals surface area contributed by atoms with Gasteiger partial charge in [0.25, 0.3) is 0 Å². The van der Waals surface area contributed by atoms with Gasteiger partial charge in [0, 0.05) is 49.9 Å². The lowest BCUT2D eigenvalue weighted by atomic mass is 9.83. The summed E-state index contributed by atoms with van der Waals surface area (Å²) < 4.78 is 8.26. The van der Waals surface area contributed by atoms with E-state index in [9.17, 15) is 10.1 Å². The van der Waals surface area contributed by atoms with Crippen LogP contribution in [0.25, 0.3) is 22.2 Å². The predicted molar refractivity (Wildman–Crippen MR) is 123 cm³/mol.